The number of halogens is 3. The molecule has 3 aliphatic rings. The smallest absolute Gasteiger partial charge is 0.317 e. The number of nitriles is 1. The summed E-state index contributed by atoms with van der Waals surface area (Å²) < 4.78 is 35.0. The average Bonchev–Trinajstić information content (AvgIpc) is 2.16. The van der Waals surface area contributed by atoms with E-state index in [1.54, 1.807) is 55.7 Å². The van der Waals surface area contributed by atoms with Crippen LogP contribution >= 0.6 is 22.6 Å². The number of ether oxygens (including phenoxy) is 1. The van der Waals surface area contributed by atoms with E-state index in [9.17, 15) is 72.5 Å². The predicted molar refractivity (Wildman–Crippen MR) is 325 cm³/mol. The Hall–Kier alpha value is -7.24. The third kappa shape index (κ3) is 23.7. The van der Waals surface area contributed by atoms with E-state index < -0.39 is 85.1 Å². The van der Waals surface area contributed by atoms with Gasteiger partial charge in [0, 0.05) is 113 Å². The Morgan fingerprint density at radius 1 is 0.727 bits per heavy atom. The summed E-state index contributed by atoms with van der Waals surface area (Å²) in [4.78, 5) is 132. The zero-order chi connectivity index (χ0) is 63.8. The summed E-state index contributed by atoms with van der Waals surface area (Å²) in [6, 6.07) is 12.9. The summed E-state index contributed by atoms with van der Waals surface area (Å²) in [7, 11) is 0. The molecule has 0 bridgehead atoms. The molecule has 3 aliphatic heterocycles. The van der Waals surface area contributed by atoms with E-state index in [0.29, 0.717) is 75.2 Å². The van der Waals surface area contributed by atoms with Gasteiger partial charge in [0.1, 0.15) is 23.9 Å². The SMILES string of the molecule is C[C@H](NC(=O)[C@H](CCCNC(=O)CCCc1ccc(I)cc1)NC(=O)CN1CCN(CC(=O)O)CCN(CC(=O)O)CCN(CC(=O)O)CC1)C(=O)N1CCN(CCCCOc2ccc3nccc(C(=O)NCC(=O)N4CC(F)(F)C[C@@H]4C#N)c3c2)CC1. The molecule has 0 radical (unpaired) electrons. The number of carboxylic acids is 3. The molecule has 0 spiro atoms. The molecule has 7 N–H and O–H groups in total. The summed E-state index contributed by atoms with van der Waals surface area (Å²) in [5.41, 5.74) is 1.80. The average molecular weight is 1340 g/mol. The first-order valence-electron chi connectivity index (χ1n) is 29.6. The van der Waals surface area contributed by atoms with Gasteiger partial charge in [0.15, 0.2) is 0 Å². The number of fused-ring (bicyclic) bond motifs is 1. The fraction of sp³-hybridized carbons (Fsp3) is 0.576. The zero-order valence-electron chi connectivity index (χ0n) is 49.5. The Labute approximate surface area is 523 Å². The number of amides is 6. The minimum Gasteiger partial charge on any atom is -0.494 e. The first-order valence-corrected chi connectivity index (χ1v) is 30.7. The van der Waals surface area contributed by atoms with Gasteiger partial charge in [-0.05, 0) is 117 Å². The number of pyridine rings is 1. The molecule has 0 unspecified atom stereocenters. The van der Waals surface area contributed by atoms with Crippen LogP contribution in [0.4, 0.5) is 8.78 Å². The lowest BCUT2D eigenvalue weighted by molar-refractivity contribution is -0.140. The maximum atomic E-state index is 14.1. The van der Waals surface area contributed by atoms with Gasteiger partial charge in [-0.2, -0.15) is 5.26 Å². The maximum absolute atomic E-state index is 14.1. The van der Waals surface area contributed by atoms with Crippen LogP contribution in [-0.2, 0) is 44.8 Å². The van der Waals surface area contributed by atoms with Crippen molar-refractivity contribution in [3.05, 3.63) is 69.4 Å². The number of carbonyl (C=O) groups is 9. The van der Waals surface area contributed by atoms with E-state index in [4.69, 9.17) is 4.74 Å². The Balaban J connectivity index is 0.987. The standard InChI is InChI=1S/C59H80F2IN13O13/c1-41(58(87)74-29-27-69(28-30-74)18-2-3-31-88-45-13-14-48-47(32-45)46(15-17-64-48)56(85)66-35-52(78)75-40-59(60,61)33-44(75)34-63)67-57(86)49(7-5-16-65-50(76)8-4-6-42-9-11-43(62)12-10-42)68-51(77)36-70-19-21-71(37-53(79)80)23-25-73(39-55(83)84)26-24-72(22-20-70)38-54(81)82/h9-15,17,32,41,44,49H,2-8,16,18-31,33,35-40H2,1H3,(H,65,76)(H,66,85)(H,67,86)(H,68,77)(H,79,80)(H,81,82)(H,83,84)/t41-,44+,49-/m0/s1. The van der Waals surface area contributed by atoms with Crippen molar-refractivity contribution in [2.45, 2.75) is 82.3 Å². The molecule has 2 aromatic carbocycles. The van der Waals surface area contributed by atoms with E-state index in [2.05, 4.69) is 53.7 Å². The molecule has 3 fully saturated rings. The van der Waals surface area contributed by atoms with Crippen molar-refractivity contribution >= 4 is 86.8 Å². The van der Waals surface area contributed by atoms with Crippen LogP contribution in [0.2, 0.25) is 0 Å². The van der Waals surface area contributed by atoms with Crippen LogP contribution in [0.15, 0.2) is 54.7 Å². The number of carboxylic acid groups (broad SMARTS) is 3. The van der Waals surface area contributed by atoms with Gasteiger partial charge in [0.2, 0.25) is 29.5 Å². The molecule has 6 rings (SSSR count). The number of rotatable bonds is 29. The number of benzene rings is 2. The number of unbranched alkanes of at least 4 members (excludes halogenated alkanes) is 1. The quantitative estimate of drug-likeness (QED) is 0.0377. The normalized spacial score (nSPS) is 18.2. The first-order chi connectivity index (χ1) is 42.0. The highest BCUT2D eigenvalue weighted by molar-refractivity contribution is 14.1. The highest BCUT2D eigenvalue weighted by Gasteiger charge is 2.47. The van der Waals surface area contributed by atoms with Gasteiger partial charge in [-0.1, -0.05) is 12.1 Å². The molecule has 4 heterocycles. The van der Waals surface area contributed by atoms with Gasteiger partial charge in [-0.25, -0.2) is 8.78 Å². The molecule has 480 valence electrons. The molecule has 3 saturated heterocycles. The molecule has 0 aliphatic carbocycles. The van der Waals surface area contributed by atoms with Gasteiger partial charge in [-0.3, -0.25) is 72.6 Å². The van der Waals surface area contributed by atoms with Crippen molar-refractivity contribution in [2.24, 2.45) is 0 Å². The fourth-order valence-corrected chi connectivity index (χ4v) is 11.0. The van der Waals surface area contributed by atoms with Crippen molar-refractivity contribution in [1.29, 1.82) is 5.26 Å². The number of piperazine rings is 1. The van der Waals surface area contributed by atoms with Gasteiger partial charge in [0.05, 0.1) is 63.0 Å². The number of nitrogens with one attached hydrogen (secondary N) is 4. The Kier molecular flexibility index (Phi) is 27.8. The second kappa shape index (κ2) is 35.1. The molecule has 1 aromatic heterocycles. The summed E-state index contributed by atoms with van der Waals surface area (Å²) >= 11 is 2.23. The molecule has 88 heavy (non-hydrogen) atoms. The van der Waals surface area contributed by atoms with Crippen LogP contribution in [0, 0.1) is 14.9 Å². The molecule has 0 saturated carbocycles. The lowest BCUT2D eigenvalue weighted by Gasteiger charge is -2.36. The third-order valence-electron chi connectivity index (χ3n) is 15.4. The van der Waals surface area contributed by atoms with Crippen LogP contribution in [0.5, 0.6) is 5.75 Å². The van der Waals surface area contributed by atoms with Crippen molar-refractivity contribution in [3.8, 4) is 11.8 Å². The Bertz CT molecular complexity index is 2900. The number of likely N-dealkylation sites (tertiary alicyclic amines) is 1. The van der Waals surface area contributed by atoms with Crippen molar-refractivity contribution in [3.63, 3.8) is 0 Å². The molecule has 6 amide bonds. The van der Waals surface area contributed by atoms with Gasteiger partial charge in [0.25, 0.3) is 11.8 Å². The second-order valence-corrected chi connectivity index (χ2v) is 23.5. The van der Waals surface area contributed by atoms with Crippen LogP contribution in [-0.4, -0.2) is 270 Å². The van der Waals surface area contributed by atoms with Crippen molar-refractivity contribution in [2.75, 3.05) is 138 Å². The summed E-state index contributed by atoms with van der Waals surface area (Å²) in [5, 5.41) is 49.6. The third-order valence-corrected chi connectivity index (χ3v) is 16.2. The first kappa shape index (κ1) is 69.9. The topological polar surface area (TPSA) is 331 Å². The van der Waals surface area contributed by atoms with Gasteiger partial charge >= 0.3 is 17.9 Å². The largest absolute Gasteiger partial charge is 0.494 e. The van der Waals surface area contributed by atoms with Crippen molar-refractivity contribution < 1.29 is 72.0 Å². The Morgan fingerprint density at radius 2 is 1.32 bits per heavy atom. The molecule has 3 aromatic rings. The number of carbonyl (C=O) groups excluding carboxylic acids is 6. The zero-order valence-corrected chi connectivity index (χ0v) is 51.7. The van der Waals surface area contributed by atoms with E-state index in [1.165, 1.54) is 12.3 Å². The molecular weight excluding hydrogens is 1260 g/mol. The van der Waals surface area contributed by atoms with Gasteiger partial charge < -0.3 is 51.1 Å². The van der Waals surface area contributed by atoms with E-state index in [-0.39, 0.29) is 115 Å². The number of aromatic nitrogens is 1. The summed E-state index contributed by atoms with van der Waals surface area (Å²) in [6.45, 7) is 3.55. The van der Waals surface area contributed by atoms with Crippen LogP contribution in [0.3, 0.4) is 0 Å². The molecular formula is C59H80F2IN13O13. The minimum atomic E-state index is -3.19. The second-order valence-electron chi connectivity index (χ2n) is 22.3. The number of aryl methyl sites for hydroxylation is 1. The number of hydrogen-bond donors (Lipinski definition) is 7. The molecule has 29 heteroatoms. The summed E-state index contributed by atoms with van der Waals surface area (Å²) in [6.07, 6.45) is 4.15. The fourth-order valence-electron chi connectivity index (χ4n) is 10.7. The van der Waals surface area contributed by atoms with E-state index in [1.807, 2.05) is 24.3 Å². The maximum Gasteiger partial charge on any atom is 0.317 e. The number of nitrogens with zero attached hydrogens (tertiary/aromatic N) is 9. The number of aliphatic carboxylic acids is 3. The van der Waals surface area contributed by atoms with Crippen LogP contribution in [0.1, 0.15) is 67.8 Å². The highest BCUT2D eigenvalue weighted by atomic mass is 127. The van der Waals surface area contributed by atoms with E-state index in [0.717, 1.165) is 26.9 Å². The predicted octanol–water partition coefficient (Wildman–Crippen LogP) is 1.02. The van der Waals surface area contributed by atoms with Crippen LogP contribution < -0.4 is 26.0 Å². The lowest BCUT2D eigenvalue weighted by Crippen LogP contribution is -2.57. The lowest BCUT2D eigenvalue weighted by atomic mass is 10.1. The molecule has 26 nitrogen and oxygen atoms in total. The van der Waals surface area contributed by atoms with Gasteiger partial charge in [-0.15, -0.1) is 0 Å². The minimum absolute atomic E-state index is 0.0995. The van der Waals surface area contributed by atoms with Crippen molar-refractivity contribution in [1.82, 2.24) is 60.6 Å². The Morgan fingerprint density at radius 3 is 1.91 bits per heavy atom. The highest BCUT2D eigenvalue weighted by Crippen LogP contribution is 2.32. The summed E-state index contributed by atoms with van der Waals surface area (Å²) in [5.74, 6) is -9.04. The van der Waals surface area contributed by atoms with Crippen LogP contribution in [0.25, 0.3) is 10.9 Å². The van der Waals surface area contributed by atoms with E-state index >= 15 is 0 Å². The monoisotopic (exact) mass is 1340 g/mol. The number of alkyl halides is 2. The molecule has 3 atom stereocenters. The number of hydrogen-bond acceptors (Lipinski definition) is 17.